The van der Waals surface area contributed by atoms with Crippen LogP contribution in [-0.4, -0.2) is 17.6 Å². The van der Waals surface area contributed by atoms with Crippen molar-refractivity contribution in [2.45, 2.75) is 20.8 Å². The minimum absolute atomic E-state index is 0.150. The van der Waals surface area contributed by atoms with Crippen molar-refractivity contribution in [2.24, 2.45) is 0 Å². The molecular weight excluding hydrogens is 335 g/mol. The molecule has 0 unspecified atom stereocenters. The van der Waals surface area contributed by atoms with Gasteiger partial charge in [0.25, 0.3) is 0 Å². The summed E-state index contributed by atoms with van der Waals surface area (Å²) in [7, 11) is -3.72. The second-order valence-electron chi connectivity index (χ2n) is 5.35. The minimum Gasteiger partial charge on any atom is -0.314 e. The maximum Gasteiger partial charge on any atom is 0.362 e. The van der Waals surface area contributed by atoms with E-state index in [2.05, 4.69) is 0 Å². The molecule has 2 aromatic heterocycles. The molecule has 2 heterocycles. The maximum absolute atomic E-state index is 14.5. The normalized spacial score (nSPS) is 12.4. The van der Waals surface area contributed by atoms with Gasteiger partial charge in [0, 0.05) is 23.2 Å². The molecule has 128 valence electrons. The second kappa shape index (κ2) is 6.28. The smallest absolute Gasteiger partial charge is 0.314 e. The van der Waals surface area contributed by atoms with Crippen molar-refractivity contribution in [2.75, 3.05) is 13.2 Å². The van der Waals surface area contributed by atoms with Gasteiger partial charge in [-0.3, -0.25) is 4.57 Å². The number of aryl methyl sites for hydroxylation is 1. The van der Waals surface area contributed by atoms with E-state index in [0.717, 1.165) is 6.07 Å². The van der Waals surface area contributed by atoms with E-state index >= 15 is 0 Å². The Morgan fingerprint density at radius 1 is 1.17 bits per heavy atom. The predicted octanol–water partition coefficient (Wildman–Crippen LogP) is 4.57. The SMILES string of the molecule is CCOP(=O)(OCC)c1c(C)c2cccn2c2c(F)cc(F)cc12. The first-order chi connectivity index (χ1) is 11.4. The third-order valence-corrected chi connectivity index (χ3v) is 6.20. The average Bonchev–Trinajstić information content (AvgIpc) is 2.96. The van der Waals surface area contributed by atoms with Gasteiger partial charge in [0.2, 0.25) is 0 Å². The van der Waals surface area contributed by atoms with E-state index in [4.69, 9.17) is 9.05 Å². The summed E-state index contributed by atoms with van der Waals surface area (Å²) in [6, 6.07) is 5.52. The number of aromatic nitrogens is 1. The molecule has 3 rings (SSSR count). The Morgan fingerprint density at radius 2 is 1.83 bits per heavy atom. The van der Waals surface area contributed by atoms with Crippen LogP contribution in [0.5, 0.6) is 0 Å². The van der Waals surface area contributed by atoms with Gasteiger partial charge in [0.15, 0.2) is 5.82 Å². The van der Waals surface area contributed by atoms with E-state index in [9.17, 15) is 13.3 Å². The highest BCUT2D eigenvalue weighted by molar-refractivity contribution is 7.63. The van der Waals surface area contributed by atoms with Crippen molar-refractivity contribution in [3.05, 3.63) is 47.7 Å². The van der Waals surface area contributed by atoms with Crippen LogP contribution in [0.15, 0.2) is 30.5 Å². The fourth-order valence-corrected chi connectivity index (χ4v) is 5.06. The molecule has 1 aromatic carbocycles. The molecule has 0 saturated carbocycles. The summed E-state index contributed by atoms with van der Waals surface area (Å²) in [5.41, 5.74) is 1.43. The van der Waals surface area contributed by atoms with Crippen LogP contribution in [0.1, 0.15) is 19.4 Å². The number of halogens is 2. The average molecular weight is 353 g/mol. The zero-order chi connectivity index (χ0) is 17.5. The highest BCUT2D eigenvalue weighted by atomic mass is 31.2. The van der Waals surface area contributed by atoms with Gasteiger partial charge >= 0.3 is 7.60 Å². The van der Waals surface area contributed by atoms with E-state index in [1.807, 2.05) is 0 Å². The Morgan fingerprint density at radius 3 is 2.46 bits per heavy atom. The Bertz CT molecular complexity index is 958. The Kier molecular flexibility index (Phi) is 4.47. The number of fused-ring (bicyclic) bond motifs is 3. The van der Waals surface area contributed by atoms with E-state index in [0.29, 0.717) is 11.1 Å². The number of benzene rings is 1. The molecule has 4 nitrogen and oxygen atoms in total. The molecule has 0 spiro atoms. The summed E-state index contributed by atoms with van der Waals surface area (Å²) >= 11 is 0. The van der Waals surface area contributed by atoms with E-state index in [1.165, 1.54) is 6.07 Å². The van der Waals surface area contributed by atoms with Gasteiger partial charge in [-0.05, 0) is 44.5 Å². The lowest BCUT2D eigenvalue weighted by atomic mass is 10.1. The fraction of sp³-hybridized carbons (Fsp3) is 0.294. The van der Waals surface area contributed by atoms with Gasteiger partial charge in [-0.2, -0.15) is 0 Å². The molecule has 0 amide bonds. The molecule has 0 aliphatic carbocycles. The lowest BCUT2D eigenvalue weighted by Gasteiger charge is -2.22. The highest BCUT2D eigenvalue weighted by Crippen LogP contribution is 2.50. The molecule has 0 saturated heterocycles. The first kappa shape index (κ1) is 17.1. The van der Waals surface area contributed by atoms with Gasteiger partial charge in [-0.25, -0.2) is 8.78 Å². The Hall–Kier alpha value is -1.75. The van der Waals surface area contributed by atoms with Crippen LogP contribution < -0.4 is 5.30 Å². The number of rotatable bonds is 5. The Balaban J connectivity index is 2.53. The van der Waals surface area contributed by atoms with Gasteiger partial charge in [0.05, 0.1) is 24.0 Å². The summed E-state index contributed by atoms with van der Waals surface area (Å²) in [5.74, 6) is -1.47. The standard InChI is InChI=1S/C17H18F2NO3P/c1-4-22-24(21,23-5-2)17-11(3)15-7-6-8-20(15)16-13(17)9-12(18)10-14(16)19/h6-10H,4-5H2,1-3H3. The van der Waals surface area contributed by atoms with Crippen molar-refractivity contribution in [1.29, 1.82) is 0 Å². The molecule has 0 bridgehead atoms. The van der Waals surface area contributed by atoms with Crippen molar-refractivity contribution in [1.82, 2.24) is 4.40 Å². The summed E-state index contributed by atoms with van der Waals surface area (Å²) in [4.78, 5) is 0. The van der Waals surface area contributed by atoms with Gasteiger partial charge in [-0.15, -0.1) is 0 Å². The molecule has 0 atom stereocenters. The molecule has 0 fully saturated rings. The summed E-state index contributed by atoms with van der Waals surface area (Å²) in [6.45, 7) is 5.45. The Labute approximate surface area is 138 Å². The molecule has 0 N–H and O–H groups in total. The van der Waals surface area contributed by atoms with Crippen LogP contribution >= 0.6 is 7.60 Å². The minimum atomic E-state index is -3.72. The molecule has 0 radical (unpaired) electrons. The monoisotopic (exact) mass is 353 g/mol. The van der Waals surface area contributed by atoms with Crippen molar-refractivity contribution >= 4 is 29.3 Å². The topological polar surface area (TPSA) is 39.9 Å². The van der Waals surface area contributed by atoms with Gasteiger partial charge < -0.3 is 13.4 Å². The van der Waals surface area contributed by atoms with E-state index < -0.39 is 19.2 Å². The number of hydrogen-bond donors (Lipinski definition) is 0. The lowest BCUT2D eigenvalue weighted by Crippen LogP contribution is -2.18. The maximum atomic E-state index is 14.5. The first-order valence-electron chi connectivity index (χ1n) is 7.71. The first-order valence-corrected chi connectivity index (χ1v) is 9.25. The zero-order valence-corrected chi connectivity index (χ0v) is 14.6. The fourth-order valence-electron chi connectivity index (χ4n) is 3.06. The molecule has 7 heteroatoms. The van der Waals surface area contributed by atoms with E-state index in [-0.39, 0.29) is 29.4 Å². The third kappa shape index (κ3) is 2.55. The van der Waals surface area contributed by atoms with Crippen LogP contribution in [0.3, 0.4) is 0 Å². The molecular formula is C17H18F2NO3P. The van der Waals surface area contributed by atoms with Crippen LogP contribution in [0.25, 0.3) is 16.4 Å². The number of pyridine rings is 1. The van der Waals surface area contributed by atoms with E-state index in [1.54, 1.807) is 43.5 Å². The van der Waals surface area contributed by atoms with Crippen molar-refractivity contribution < 1.29 is 22.4 Å². The van der Waals surface area contributed by atoms with Crippen LogP contribution in [0, 0.1) is 18.6 Å². The second-order valence-corrected chi connectivity index (χ2v) is 7.31. The largest absolute Gasteiger partial charge is 0.362 e. The van der Waals surface area contributed by atoms with Crippen LogP contribution in [0.2, 0.25) is 0 Å². The zero-order valence-electron chi connectivity index (χ0n) is 13.7. The summed E-state index contributed by atoms with van der Waals surface area (Å²) in [6.07, 6.45) is 1.68. The number of nitrogens with zero attached hydrogens (tertiary/aromatic N) is 1. The molecule has 24 heavy (non-hydrogen) atoms. The van der Waals surface area contributed by atoms with Gasteiger partial charge in [-0.1, -0.05) is 0 Å². The number of hydrogen-bond acceptors (Lipinski definition) is 3. The van der Waals surface area contributed by atoms with Crippen molar-refractivity contribution in [3.8, 4) is 0 Å². The predicted molar refractivity (Wildman–Crippen MR) is 90.0 cm³/mol. The van der Waals surface area contributed by atoms with Crippen LogP contribution in [0.4, 0.5) is 8.78 Å². The highest BCUT2D eigenvalue weighted by Gasteiger charge is 2.33. The van der Waals surface area contributed by atoms with Crippen molar-refractivity contribution in [3.63, 3.8) is 0 Å². The van der Waals surface area contributed by atoms with Crippen LogP contribution in [-0.2, 0) is 13.6 Å². The molecule has 0 aliphatic rings. The molecule has 3 aromatic rings. The molecule has 0 aliphatic heterocycles. The van der Waals surface area contributed by atoms with Gasteiger partial charge in [0.1, 0.15) is 5.82 Å². The third-order valence-electron chi connectivity index (χ3n) is 3.88. The quantitative estimate of drug-likeness (QED) is 0.631. The summed E-state index contributed by atoms with van der Waals surface area (Å²) < 4.78 is 54.2. The lowest BCUT2D eigenvalue weighted by molar-refractivity contribution is 0.230. The summed E-state index contributed by atoms with van der Waals surface area (Å²) in [5, 5.41) is 0.407.